The third kappa shape index (κ3) is 5.22. The van der Waals surface area contributed by atoms with Crippen molar-refractivity contribution in [3.63, 3.8) is 0 Å². The maximum atomic E-state index is 12.3. The van der Waals surface area contributed by atoms with Gasteiger partial charge in [0, 0.05) is 35.3 Å². The Morgan fingerprint density at radius 2 is 1.96 bits per heavy atom. The third-order valence-electron chi connectivity index (χ3n) is 4.65. The molecule has 3 aromatic rings. The van der Waals surface area contributed by atoms with Crippen LogP contribution in [-0.4, -0.2) is 46.5 Å². The van der Waals surface area contributed by atoms with Crippen LogP contribution < -0.4 is 5.32 Å². The number of benzene rings is 1. The van der Waals surface area contributed by atoms with E-state index in [-0.39, 0.29) is 12.5 Å². The van der Waals surface area contributed by atoms with E-state index in [1.54, 1.807) is 11.3 Å². The average molecular weight is 417 g/mol. The first-order chi connectivity index (χ1) is 13.6. The summed E-state index contributed by atoms with van der Waals surface area (Å²) in [6.45, 7) is 8.06. The first-order valence-electron chi connectivity index (χ1n) is 9.46. The SMILES string of the molecule is CCN(CC)CCNC(=O)Cn1cccc1-c1nc(-c2ccc(Cl)cc2)cs1. The summed E-state index contributed by atoms with van der Waals surface area (Å²) in [7, 11) is 0. The van der Waals surface area contributed by atoms with E-state index in [0.717, 1.165) is 41.6 Å². The number of amides is 1. The number of thiazole rings is 1. The Kier molecular flexibility index (Phi) is 7.25. The number of carbonyl (C=O) groups excluding carboxylic acids is 1. The number of hydrogen-bond acceptors (Lipinski definition) is 4. The quantitative estimate of drug-likeness (QED) is 0.562. The molecule has 0 aliphatic heterocycles. The van der Waals surface area contributed by atoms with E-state index in [0.29, 0.717) is 11.6 Å². The fraction of sp³-hybridized carbons (Fsp3) is 0.333. The van der Waals surface area contributed by atoms with Gasteiger partial charge in [-0.3, -0.25) is 4.79 Å². The lowest BCUT2D eigenvalue weighted by molar-refractivity contribution is -0.121. The van der Waals surface area contributed by atoms with Crippen LogP contribution in [0.15, 0.2) is 48.0 Å². The Morgan fingerprint density at radius 3 is 2.68 bits per heavy atom. The molecule has 148 valence electrons. The number of aromatic nitrogens is 2. The minimum absolute atomic E-state index is 0.0130. The minimum atomic E-state index is 0.0130. The highest BCUT2D eigenvalue weighted by atomic mass is 35.5. The summed E-state index contributed by atoms with van der Waals surface area (Å²) in [4.78, 5) is 19.4. The Balaban J connectivity index is 1.64. The molecule has 1 N–H and O–H groups in total. The summed E-state index contributed by atoms with van der Waals surface area (Å²) < 4.78 is 1.94. The number of rotatable bonds is 9. The molecule has 0 aliphatic carbocycles. The topological polar surface area (TPSA) is 50.2 Å². The summed E-state index contributed by atoms with van der Waals surface area (Å²) in [6.07, 6.45) is 1.92. The first kappa shape index (κ1) is 20.6. The minimum Gasteiger partial charge on any atom is -0.353 e. The zero-order valence-corrected chi connectivity index (χ0v) is 17.8. The molecule has 0 radical (unpaired) electrons. The molecule has 28 heavy (non-hydrogen) atoms. The molecule has 0 fully saturated rings. The van der Waals surface area contributed by atoms with E-state index in [4.69, 9.17) is 16.6 Å². The molecule has 0 bridgehead atoms. The molecule has 1 aromatic carbocycles. The van der Waals surface area contributed by atoms with Crippen molar-refractivity contribution in [1.82, 2.24) is 19.8 Å². The highest BCUT2D eigenvalue weighted by Gasteiger charge is 2.12. The second-order valence-electron chi connectivity index (χ2n) is 6.44. The predicted molar refractivity (Wildman–Crippen MR) is 117 cm³/mol. The number of nitrogens with one attached hydrogen (secondary N) is 1. The molecule has 0 spiro atoms. The van der Waals surface area contributed by atoms with E-state index < -0.39 is 0 Å². The van der Waals surface area contributed by atoms with E-state index in [1.807, 2.05) is 52.5 Å². The zero-order valence-electron chi connectivity index (χ0n) is 16.2. The van der Waals surface area contributed by atoms with Gasteiger partial charge in [0.2, 0.25) is 5.91 Å². The van der Waals surface area contributed by atoms with Crippen LogP contribution in [0.2, 0.25) is 5.02 Å². The van der Waals surface area contributed by atoms with Crippen molar-refractivity contribution in [3.05, 3.63) is 53.0 Å². The van der Waals surface area contributed by atoms with Gasteiger partial charge < -0.3 is 14.8 Å². The molecule has 2 aromatic heterocycles. The largest absolute Gasteiger partial charge is 0.353 e. The third-order valence-corrected chi connectivity index (χ3v) is 5.77. The number of likely N-dealkylation sites (N-methyl/N-ethyl adjacent to an activating group) is 1. The van der Waals surface area contributed by atoms with Gasteiger partial charge in [0.15, 0.2) is 0 Å². The Hall–Kier alpha value is -2.15. The molecule has 2 heterocycles. The van der Waals surface area contributed by atoms with Crippen LogP contribution in [0.4, 0.5) is 0 Å². The number of halogens is 1. The lowest BCUT2D eigenvalue weighted by atomic mass is 10.2. The highest BCUT2D eigenvalue weighted by Crippen LogP contribution is 2.29. The van der Waals surface area contributed by atoms with E-state index in [1.165, 1.54) is 0 Å². The standard InChI is InChI=1S/C21H25ClN4OS/c1-3-25(4-2)13-11-23-20(27)14-26-12-5-6-19(26)21-24-18(15-28-21)16-7-9-17(22)10-8-16/h5-10,12,15H,3-4,11,13-14H2,1-2H3,(H,23,27). The van der Waals surface area contributed by atoms with Gasteiger partial charge in [-0.05, 0) is 37.4 Å². The van der Waals surface area contributed by atoms with Gasteiger partial charge in [-0.1, -0.05) is 37.6 Å². The molecule has 7 heteroatoms. The van der Waals surface area contributed by atoms with E-state index >= 15 is 0 Å². The summed E-state index contributed by atoms with van der Waals surface area (Å²) in [5, 5.41) is 6.63. The van der Waals surface area contributed by atoms with Crippen molar-refractivity contribution in [2.45, 2.75) is 20.4 Å². The van der Waals surface area contributed by atoms with Gasteiger partial charge >= 0.3 is 0 Å². The Bertz CT molecular complexity index is 899. The van der Waals surface area contributed by atoms with Crippen LogP contribution in [0.25, 0.3) is 22.0 Å². The van der Waals surface area contributed by atoms with Crippen LogP contribution in [0.1, 0.15) is 13.8 Å². The summed E-state index contributed by atoms with van der Waals surface area (Å²) in [5.41, 5.74) is 2.89. The second kappa shape index (κ2) is 9.87. The van der Waals surface area contributed by atoms with Gasteiger partial charge in [-0.2, -0.15) is 0 Å². The van der Waals surface area contributed by atoms with E-state index in [2.05, 4.69) is 24.1 Å². The van der Waals surface area contributed by atoms with Gasteiger partial charge in [-0.25, -0.2) is 4.98 Å². The number of hydrogen-bond donors (Lipinski definition) is 1. The van der Waals surface area contributed by atoms with Crippen molar-refractivity contribution < 1.29 is 4.79 Å². The smallest absolute Gasteiger partial charge is 0.239 e. The number of carbonyl (C=O) groups is 1. The Morgan fingerprint density at radius 1 is 1.21 bits per heavy atom. The van der Waals surface area contributed by atoms with Crippen molar-refractivity contribution >= 4 is 28.8 Å². The first-order valence-corrected chi connectivity index (χ1v) is 10.7. The molecule has 0 unspecified atom stereocenters. The molecule has 0 saturated carbocycles. The van der Waals surface area contributed by atoms with Crippen molar-refractivity contribution in [2.75, 3.05) is 26.2 Å². The fourth-order valence-electron chi connectivity index (χ4n) is 2.99. The lowest BCUT2D eigenvalue weighted by Gasteiger charge is -2.18. The molecule has 1 amide bonds. The highest BCUT2D eigenvalue weighted by molar-refractivity contribution is 7.13. The normalized spacial score (nSPS) is 11.1. The maximum absolute atomic E-state index is 12.3. The molecule has 0 saturated heterocycles. The molecule has 0 atom stereocenters. The van der Waals surface area contributed by atoms with Crippen molar-refractivity contribution in [1.29, 1.82) is 0 Å². The van der Waals surface area contributed by atoms with Crippen LogP contribution in [0.3, 0.4) is 0 Å². The van der Waals surface area contributed by atoms with E-state index in [9.17, 15) is 4.79 Å². The van der Waals surface area contributed by atoms with Gasteiger partial charge in [0.05, 0.1) is 11.4 Å². The monoisotopic (exact) mass is 416 g/mol. The van der Waals surface area contributed by atoms with Crippen LogP contribution >= 0.6 is 22.9 Å². The molecule has 0 aliphatic rings. The van der Waals surface area contributed by atoms with Crippen molar-refractivity contribution in [3.8, 4) is 22.0 Å². The molecule has 3 rings (SSSR count). The second-order valence-corrected chi connectivity index (χ2v) is 7.74. The van der Waals surface area contributed by atoms with Crippen molar-refractivity contribution in [2.24, 2.45) is 0 Å². The summed E-state index contributed by atoms with van der Waals surface area (Å²) in [6, 6.07) is 11.6. The number of nitrogens with zero attached hydrogens (tertiary/aromatic N) is 3. The summed E-state index contributed by atoms with van der Waals surface area (Å²) >= 11 is 7.54. The molecular weight excluding hydrogens is 392 g/mol. The predicted octanol–water partition coefficient (Wildman–Crippen LogP) is 4.39. The van der Waals surface area contributed by atoms with Crippen LogP contribution in [-0.2, 0) is 11.3 Å². The maximum Gasteiger partial charge on any atom is 0.239 e. The summed E-state index contributed by atoms with van der Waals surface area (Å²) in [5.74, 6) is 0.0130. The average Bonchev–Trinajstić information content (AvgIpc) is 3.35. The van der Waals surface area contributed by atoms with Crippen LogP contribution in [0, 0.1) is 0 Å². The van der Waals surface area contributed by atoms with Crippen LogP contribution in [0.5, 0.6) is 0 Å². The van der Waals surface area contributed by atoms with Gasteiger partial charge in [-0.15, -0.1) is 11.3 Å². The van der Waals surface area contributed by atoms with Gasteiger partial charge in [0.25, 0.3) is 0 Å². The molecular formula is C21H25ClN4OS. The Labute approximate surface area is 175 Å². The molecule has 5 nitrogen and oxygen atoms in total. The fourth-order valence-corrected chi connectivity index (χ4v) is 3.99. The lowest BCUT2D eigenvalue weighted by Crippen LogP contribution is -2.36. The zero-order chi connectivity index (χ0) is 19.9. The van der Waals surface area contributed by atoms with Gasteiger partial charge in [0.1, 0.15) is 11.6 Å².